The van der Waals surface area contributed by atoms with Crippen LogP contribution >= 0.6 is 24.0 Å². The van der Waals surface area contributed by atoms with Crippen LogP contribution in [0.25, 0.3) is 0 Å². The van der Waals surface area contributed by atoms with E-state index in [2.05, 4.69) is 15.6 Å². The zero-order valence-electron chi connectivity index (χ0n) is 17.1. The third-order valence-corrected chi connectivity index (χ3v) is 4.36. The lowest BCUT2D eigenvalue weighted by Gasteiger charge is -2.14. The summed E-state index contributed by atoms with van der Waals surface area (Å²) in [5, 5.41) is 6.60. The summed E-state index contributed by atoms with van der Waals surface area (Å²) in [5.74, 6) is 0.799. The monoisotopic (exact) mass is 504 g/mol. The minimum absolute atomic E-state index is 0. The summed E-state index contributed by atoms with van der Waals surface area (Å²) in [6.45, 7) is 3.81. The van der Waals surface area contributed by atoms with Crippen LogP contribution in [0.1, 0.15) is 28.8 Å². The Labute approximate surface area is 185 Å². The molecule has 1 atom stereocenters. The number of ether oxygens (including phenoxy) is 2. The number of halogens is 1. The molecule has 1 heterocycles. The average Bonchev–Trinajstić information content (AvgIpc) is 3.19. The number of carbonyl (C=O) groups excluding carboxylic acids is 1. The van der Waals surface area contributed by atoms with Crippen molar-refractivity contribution in [3.05, 3.63) is 35.4 Å². The zero-order chi connectivity index (χ0) is 19.5. The van der Waals surface area contributed by atoms with Crippen molar-refractivity contribution in [2.45, 2.75) is 25.4 Å². The third kappa shape index (κ3) is 8.74. The van der Waals surface area contributed by atoms with Gasteiger partial charge in [-0.15, -0.1) is 24.0 Å². The smallest absolute Gasteiger partial charge is 0.253 e. The first kappa shape index (κ1) is 24.6. The molecule has 1 amide bonds. The number of amides is 1. The van der Waals surface area contributed by atoms with Gasteiger partial charge < -0.3 is 25.0 Å². The van der Waals surface area contributed by atoms with Gasteiger partial charge in [-0.25, -0.2) is 0 Å². The second-order valence-electron chi connectivity index (χ2n) is 6.79. The summed E-state index contributed by atoms with van der Waals surface area (Å²) >= 11 is 0. The van der Waals surface area contributed by atoms with Crippen LogP contribution in [0.5, 0.6) is 0 Å². The molecule has 0 spiro atoms. The van der Waals surface area contributed by atoms with Crippen LogP contribution in [0.2, 0.25) is 0 Å². The second-order valence-corrected chi connectivity index (χ2v) is 6.79. The molecule has 7 nitrogen and oxygen atoms in total. The van der Waals surface area contributed by atoms with Crippen molar-refractivity contribution >= 4 is 35.8 Å². The highest BCUT2D eigenvalue weighted by molar-refractivity contribution is 14.0. The first-order valence-electron chi connectivity index (χ1n) is 9.54. The average molecular weight is 504 g/mol. The molecular formula is C20H33IN4O3. The van der Waals surface area contributed by atoms with Crippen molar-refractivity contribution in [3.63, 3.8) is 0 Å². The summed E-state index contributed by atoms with van der Waals surface area (Å²) in [4.78, 5) is 17.9. The lowest BCUT2D eigenvalue weighted by atomic mass is 10.1. The van der Waals surface area contributed by atoms with Gasteiger partial charge in [0.05, 0.1) is 12.7 Å². The van der Waals surface area contributed by atoms with Crippen LogP contribution in [0.15, 0.2) is 29.3 Å². The van der Waals surface area contributed by atoms with E-state index in [4.69, 9.17) is 9.47 Å². The molecule has 0 radical (unpaired) electrons. The number of hydrogen-bond acceptors (Lipinski definition) is 4. The number of rotatable bonds is 9. The van der Waals surface area contributed by atoms with Crippen molar-refractivity contribution in [2.75, 3.05) is 54.1 Å². The normalized spacial score (nSPS) is 16.4. The molecular weight excluding hydrogens is 471 g/mol. The van der Waals surface area contributed by atoms with E-state index in [9.17, 15) is 4.79 Å². The SMILES string of the molecule is CN=C(NCCCOC1CCOC1)NCCc1cccc(C(=O)N(C)C)c1.I. The summed E-state index contributed by atoms with van der Waals surface area (Å²) in [5.41, 5.74) is 1.84. The number of aliphatic imine (C=N–C) groups is 1. The molecule has 1 aliphatic heterocycles. The summed E-state index contributed by atoms with van der Waals surface area (Å²) in [6.07, 6.45) is 3.00. The molecule has 1 aromatic carbocycles. The van der Waals surface area contributed by atoms with E-state index < -0.39 is 0 Å². The Morgan fingerprint density at radius 2 is 2.11 bits per heavy atom. The van der Waals surface area contributed by atoms with Gasteiger partial charge in [0, 0.05) is 53.0 Å². The predicted molar refractivity (Wildman–Crippen MR) is 123 cm³/mol. The number of guanidine groups is 1. The number of carbonyl (C=O) groups is 1. The van der Waals surface area contributed by atoms with Crippen LogP contribution in [0.4, 0.5) is 0 Å². The zero-order valence-corrected chi connectivity index (χ0v) is 19.4. The van der Waals surface area contributed by atoms with Gasteiger partial charge in [-0.05, 0) is 37.0 Å². The number of nitrogens with one attached hydrogen (secondary N) is 2. The molecule has 2 N–H and O–H groups in total. The Hall–Kier alpha value is -1.39. The summed E-state index contributed by atoms with van der Waals surface area (Å²) in [6, 6.07) is 7.76. The van der Waals surface area contributed by atoms with Crippen molar-refractivity contribution in [1.29, 1.82) is 0 Å². The van der Waals surface area contributed by atoms with Gasteiger partial charge in [-0.3, -0.25) is 9.79 Å². The molecule has 28 heavy (non-hydrogen) atoms. The standard InChI is InChI=1S/C20H32N4O3.HI/c1-21-20(22-10-5-12-27-18-9-13-26-15-18)23-11-8-16-6-4-7-17(14-16)19(25)24(2)3;/h4,6-7,14,18H,5,8-13,15H2,1-3H3,(H2,21,22,23);1H. The van der Waals surface area contributed by atoms with Gasteiger partial charge in [0.25, 0.3) is 5.91 Å². The Kier molecular flexibility index (Phi) is 12.1. The highest BCUT2D eigenvalue weighted by Gasteiger charge is 2.15. The number of benzene rings is 1. The molecule has 8 heteroatoms. The molecule has 1 fully saturated rings. The van der Waals surface area contributed by atoms with E-state index in [1.165, 1.54) is 0 Å². The van der Waals surface area contributed by atoms with E-state index in [-0.39, 0.29) is 36.0 Å². The van der Waals surface area contributed by atoms with Gasteiger partial charge in [0.2, 0.25) is 0 Å². The third-order valence-electron chi connectivity index (χ3n) is 4.36. The topological polar surface area (TPSA) is 75.2 Å². The molecule has 1 aliphatic rings. The molecule has 0 saturated carbocycles. The largest absolute Gasteiger partial charge is 0.379 e. The highest BCUT2D eigenvalue weighted by atomic mass is 127. The van der Waals surface area contributed by atoms with E-state index in [1.54, 1.807) is 26.0 Å². The van der Waals surface area contributed by atoms with Gasteiger partial charge in [-0.2, -0.15) is 0 Å². The second kappa shape index (κ2) is 13.7. The van der Waals surface area contributed by atoms with E-state index in [0.717, 1.165) is 63.7 Å². The van der Waals surface area contributed by atoms with Crippen molar-refractivity contribution in [3.8, 4) is 0 Å². The first-order chi connectivity index (χ1) is 13.1. The van der Waals surface area contributed by atoms with Gasteiger partial charge in [0.15, 0.2) is 5.96 Å². The maximum atomic E-state index is 12.0. The fourth-order valence-corrected chi connectivity index (χ4v) is 2.84. The lowest BCUT2D eigenvalue weighted by molar-refractivity contribution is 0.0420. The van der Waals surface area contributed by atoms with Crippen LogP contribution < -0.4 is 10.6 Å². The minimum atomic E-state index is 0. The number of nitrogens with zero attached hydrogens (tertiary/aromatic N) is 2. The molecule has 0 aromatic heterocycles. The Bertz CT molecular complexity index is 619. The Morgan fingerprint density at radius 1 is 1.32 bits per heavy atom. The molecule has 1 unspecified atom stereocenters. The van der Waals surface area contributed by atoms with Gasteiger partial charge in [-0.1, -0.05) is 12.1 Å². The molecule has 1 saturated heterocycles. The minimum Gasteiger partial charge on any atom is -0.379 e. The van der Waals surface area contributed by atoms with Gasteiger partial charge >= 0.3 is 0 Å². The van der Waals surface area contributed by atoms with Crippen molar-refractivity contribution in [1.82, 2.24) is 15.5 Å². The first-order valence-corrected chi connectivity index (χ1v) is 9.54. The van der Waals surface area contributed by atoms with E-state index in [1.807, 2.05) is 24.3 Å². The van der Waals surface area contributed by atoms with Crippen molar-refractivity contribution < 1.29 is 14.3 Å². The molecule has 2 rings (SSSR count). The van der Waals surface area contributed by atoms with E-state index in [0.29, 0.717) is 5.56 Å². The summed E-state index contributed by atoms with van der Waals surface area (Å²) in [7, 11) is 5.29. The Morgan fingerprint density at radius 3 is 2.79 bits per heavy atom. The van der Waals surface area contributed by atoms with E-state index >= 15 is 0 Å². The quantitative estimate of drug-likeness (QED) is 0.233. The molecule has 158 valence electrons. The van der Waals surface area contributed by atoms with Gasteiger partial charge in [0.1, 0.15) is 0 Å². The maximum absolute atomic E-state index is 12.0. The number of hydrogen-bond donors (Lipinski definition) is 2. The maximum Gasteiger partial charge on any atom is 0.253 e. The van der Waals surface area contributed by atoms with Crippen LogP contribution in [0.3, 0.4) is 0 Å². The van der Waals surface area contributed by atoms with Crippen molar-refractivity contribution in [2.24, 2.45) is 4.99 Å². The highest BCUT2D eigenvalue weighted by Crippen LogP contribution is 2.08. The van der Waals surface area contributed by atoms with Crippen LogP contribution in [0, 0.1) is 0 Å². The summed E-state index contributed by atoms with van der Waals surface area (Å²) < 4.78 is 11.0. The fraction of sp³-hybridized carbons (Fsp3) is 0.600. The fourth-order valence-electron chi connectivity index (χ4n) is 2.84. The lowest BCUT2D eigenvalue weighted by Crippen LogP contribution is -2.39. The molecule has 0 aliphatic carbocycles. The predicted octanol–water partition coefficient (Wildman–Crippen LogP) is 1.91. The van der Waals surface area contributed by atoms with Crippen LogP contribution in [-0.2, 0) is 15.9 Å². The Balaban J connectivity index is 0.00000392. The molecule has 0 bridgehead atoms. The van der Waals surface area contributed by atoms with Crippen LogP contribution in [-0.4, -0.2) is 76.9 Å². The molecule has 1 aromatic rings.